The Hall–Kier alpha value is -1.79. The van der Waals surface area contributed by atoms with Gasteiger partial charge in [-0.05, 0) is 50.6 Å². The van der Waals surface area contributed by atoms with Gasteiger partial charge in [0.1, 0.15) is 0 Å². The minimum Gasteiger partial charge on any atom is -0.493 e. The highest BCUT2D eigenvalue weighted by molar-refractivity contribution is 9.10. The third kappa shape index (κ3) is 6.55. The molecule has 0 fully saturated rings. The second-order valence-corrected chi connectivity index (χ2v) is 6.66. The number of ether oxygens (including phenoxy) is 3. The van der Waals surface area contributed by atoms with Crippen LogP contribution in [-0.2, 0) is 6.54 Å². The molecule has 0 spiro atoms. The molecule has 6 heteroatoms. The summed E-state index contributed by atoms with van der Waals surface area (Å²) in [6.07, 6.45) is 2.73. The third-order valence-corrected chi connectivity index (χ3v) is 4.13. The molecule has 0 unspecified atom stereocenters. The predicted molar refractivity (Wildman–Crippen MR) is 103 cm³/mol. The molecule has 0 aliphatic carbocycles. The minimum atomic E-state index is 0.101. The van der Waals surface area contributed by atoms with Crippen LogP contribution in [0.4, 0.5) is 0 Å². The maximum Gasteiger partial charge on any atom is 0.213 e. The van der Waals surface area contributed by atoms with Crippen LogP contribution in [0.3, 0.4) is 0 Å². The summed E-state index contributed by atoms with van der Waals surface area (Å²) < 4.78 is 17.8. The van der Waals surface area contributed by atoms with E-state index in [9.17, 15) is 0 Å². The van der Waals surface area contributed by atoms with Gasteiger partial charge >= 0.3 is 0 Å². The molecule has 1 aromatic carbocycles. The Morgan fingerprint density at radius 3 is 2.72 bits per heavy atom. The molecular formula is C19H25BrN2O3. The molecule has 2 aromatic rings. The van der Waals surface area contributed by atoms with Crippen molar-refractivity contribution in [2.24, 2.45) is 0 Å². The Bertz CT molecular complexity index is 651. The summed E-state index contributed by atoms with van der Waals surface area (Å²) in [4.78, 5) is 4.13. The highest BCUT2D eigenvalue weighted by atomic mass is 79.9. The van der Waals surface area contributed by atoms with Gasteiger partial charge in [0.25, 0.3) is 0 Å². The molecule has 1 heterocycles. The van der Waals surface area contributed by atoms with E-state index < -0.39 is 0 Å². The summed E-state index contributed by atoms with van der Waals surface area (Å²) in [5, 5.41) is 3.41. The number of methoxy groups -OCH3 is 1. The highest BCUT2D eigenvalue weighted by Crippen LogP contribution is 2.34. The molecule has 0 radical (unpaired) electrons. The second-order valence-electron chi connectivity index (χ2n) is 5.81. The fourth-order valence-corrected chi connectivity index (χ4v) is 2.71. The van der Waals surface area contributed by atoms with Gasteiger partial charge in [-0.3, -0.25) is 0 Å². The Balaban J connectivity index is 1.78. The fourth-order valence-electron chi connectivity index (χ4n) is 2.25. The van der Waals surface area contributed by atoms with Gasteiger partial charge < -0.3 is 19.5 Å². The molecule has 25 heavy (non-hydrogen) atoms. The van der Waals surface area contributed by atoms with Gasteiger partial charge in [-0.2, -0.15) is 0 Å². The van der Waals surface area contributed by atoms with Crippen molar-refractivity contribution in [2.75, 3.05) is 20.3 Å². The number of pyridine rings is 1. The van der Waals surface area contributed by atoms with E-state index in [0.29, 0.717) is 12.5 Å². The first kappa shape index (κ1) is 19.5. The molecule has 0 saturated carbocycles. The van der Waals surface area contributed by atoms with Gasteiger partial charge in [0.15, 0.2) is 11.5 Å². The van der Waals surface area contributed by atoms with Crippen molar-refractivity contribution in [3.63, 3.8) is 0 Å². The Kier molecular flexibility index (Phi) is 8.01. The van der Waals surface area contributed by atoms with Gasteiger partial charge in [-0.25, -0.2) is 4.98 Å². The van der Waals surface area contributed by atoms with Crippen molar-refractivity contribution in [2.45, 2.75) is 32.9 Å². The van der Waals surface area contributed by atoms with E-state index in [0.717, 1.165) is 41.0 Å². The Morgan fingerprint density at radius 2 is 2.04 bits per heavy atom. The number of rotatable bonds is 10. The van der Waals surface area contributed by atoms with Gasteiger partial charge in [0, 0.05) is 23.3 Å². The van der Waals surface area contributed by atoms with Crippen LogP contribution in [0.25, 0.3) is 0 Å². The van der Waals surface area contributed by atoms with Crippen molar-refractivity contribution in [1.29, 1.82) is 0 Å². The zero-order chi connectivity index (χ0) is 18.1. The molecule has 0 aliphatic rings. The SMILES string of the molecule is COc1cc(CNCCCOc2ccccn2)c(Br)cc1OC(C)C. The first-order valence-corrected chi connectivity index (χ1v) is 9.17. The van der Waals surface area contributed by atoms with E-state index in [1.807, 2.05) is 44.2 Å². The number of benzene rings is 1. The van der Waals surface area contributed by atoms with Crippen molar-refractivity contribution >= 4 is 15.9 Å². The molecular weight excluding hydrogens is 384 g/mol. The first-order chi connectivity index (χ1) is 12.1. The summed E-state index contributed by atoms with van der Waals surface area (Å²) in [6.45, 7) is 6.22. The van der Waals surface area contributed by atoms with Gasteiger partial charge in [0.2, 0.25) is 5.88 Å². The third-order valence-electron chi connectivity index (χ3n) is 3.40. The van der Waals surface area contributed by atoms with Crippen LogP contribution in [0.5, 0.6) is 17.4 Å². The largest absolute Gasteiger partial charge is 0.493 e. The van der Waals surface area contributed by atoms with Crippen LogP contribution in [0.2, 0.25) is 0 Å². The maximum atomic E-state index is 5.77. The summed E-state index contributed by atoms with van der Waals surface area (Å²) in [6, 6.07) is 9.60. The van der Waals surface area contributed by atoms with E-state index in [-0.39, 0.29) is 6.10 Å². The Labute approximate surface area is 157 Å². The fraction of sp³-hybridized carbons (Fsp3) is 0.421. The molecule has 0 atom stereocenters. The number of nitrogens with zero attached hydrogens (tertiary/aromatic N) is 1. The maximum absolute atomic E-state index is 5.77. The summed E-state index contributed by atoms with van der Waals surface area (Å²) >= 11 is 3.61. The summed E-state index contributed by atoms with van der Waals surface area (Å²) in [7, 11) is 1.66. The van der Waals surface area contributed by atoms with Gasteiger partial charge in [-0.15, -0.1) is 0 Å². The number of halogens is 1. The molecule has 0 bridgehead atoms. The van der Waals surface area contributed by atoms with Crippen LogP contribution in [0.15, 0.2) is 41.0 Å². The molecule has 0 amide bonds. The Morgan fingerprint density at radius 1 is 1.20 bits per heavy atom. The van der Waals surface area contributed by atoms with Crippen LogP contribution >= 0.6 is 15.9 Å². The van der Waals surface area contributed by atoms with Crippen LogP contribution < -0.4 is 19.5 Å². The lowest BCUT2D eigenvalue weighted by molar-refractivity contribution is 0.230. The van der Waals surface area contributed by atoms with Gasteiger partial charge in [-0.1, -0.05) is 22.0 Å². The first-order valence-electron chi connectivity index (χ1n) is 8.37. The van der Waals surface area contributed by atoms with Crippen molar-refractivity contribution < 1.29 is 14.2 Å². The monoisotopic (exact) mass is 408 g/mol. The quantitative estimate of drug-likeness (QED) is 0.597. The van der Waals surface area contributed by atoms with Crippen LogP contribution in [0.1, 0.15) is 25.8 Å². The molecule has 136 valence electrons. The molecule has 0 aliphatic heterocycles. The topological polar surface area (TPSA) is 52.6 Å². The summed E-state index contributed by atoms with van der Waals surface area (Å²) in [5.41, 5.74) is 1.12. The van der Waals surface area contributed by atoms with Crippen LogP contribution in [0, 0.1) is 0 Å². The number of hydrogen-bond donors (Lipinski definition) is 1. The van der Waals surface area contributed by atoms with Crippen molar-refractivity contribution in [3.05, 3.63) is 46.6 Å². The number of nitrogens with one attached hydrogen (secondary N) is 1. The van der Waals surface area contributed by atoms with E-state index in [4.69, 9.17) is 14.2 Å². The average molecular weight is 409 g/mol. The smallest absolute Gasteiger partial charge is 0.213 e. The zero-order valence-electron chi connectivity index (χ0n) is 14.9. The minimum absolute atomic E-state index is 0.101. The number of hydrogen-bond acceptors (Lipinski definition) is 5. The lowest BCUT2D eigenvalue weighted by Crippen LogP contribution is -2.17. The number of aromatic nitrogens is 1. The van der Waals surface area contributed by atoms with Crippen LogP contribution in [-0.4, -0.2) is 31.3 Å². The van der Waals surface area contributed by atoms with Crippen molar-refractivity contribution in [3.8, 4) is 17.4 Å². The van der Waals surface area contributed by atoms with E-state index in [1.54, 1.807) is 13.3 Å². The van der Waals surface area contributed by atoms with E-state index in [2.05, 4.69) is 26.2 Å². The molecule has 1 N–H and O–H groups in total. The molecule has 0 saturated heterocycles. The van der Waals surface area contributed by atoms with Gasteiger partial charge in [0.05, 0.1) is 19.8 Å². The van der Waals surface area contributed by atoms with Crippen molar-refractivity contribution in [1.82, 2.24) is 10.3 Å². The predicted octanol–water partition coefficient (Wildman–Crippen LogP) is 4.20. The molecule has 2 rings (SSSR count). The lowest BCUT2D eigenvalue weighted by atomic mass is 10.2. The average Bonchev–Trinajstić information content (AvgIpc) is 2.60. The highest BCUT2D eigenvalue weighted by Gasteiger charge is 2.11. The lowest BCUT2D eigenvalue weighted by Gasteiger charge is -2.16. The zero-order valence-corrected chi connectivity index (χ0v) is 16.5. The van der Waals surface area contributed by atoms with E-state index >= 15 is 0 Å². The normalized spacial score (nSPS) is 10.8. The second kappa shape index (κ2) is 10.3. The molecule has 1 aromatic heterocycles. The summed E-state index contributed by atoms with van der Waals surface area (Å²) in [5.74, 6) is 2.15. The van der Waals surface area contributed by atoms with E-state index in [1.165, 1.54) is 0 Å². The standard InChI is InChI=1S/C19H25BrN2O3/c1-14(2)25-18-12-16(20)15(11-17(18)23-3)13-21-8-6-10-24-19-7-4-5-9-22-19/h4-5,7,9,11-12,14,21H,6,8,10,13H2,1-3H3. The molecule has 5 nitrogen and oxygen atoms in total.